The maximum atomic E-state index is 12.7. The van der Waals surface area contributed by atoms with Gasteiger partial charge in [0.25, 0.3) is 0 Å². The first-order chi connectivity index (χ1) is 8.56. The molecule has 0 atom stereocenters. The molecule has 0 saturated heterocycles. The molecule has 1 aromatic heterocycles. The van der Waals surface area contributed by atoms with Crippen LogP contribution in [0.15, 0.2) is 41.5 Å². The van der Waals surface area contributed by atoms with Crippen LogP contribution in [0.4, 0.5) is 10.1 Å². The minimum atomic E-state index is -0.240. The summed E-state index contributed by atoms with van der Waals surface area (Å²) in [6.07, 6.45) is 3.88. The molecular formula is C15H17FN2. The number of halogens is 1. The van der Waals surface area contributed by atoms with E-state index in [9.17, 15) is 4.39 Å². The van der Waals surface area contributed by atoms with Crippen molar-refractivity contribution < 1.29 is 4.39 Å². The maximum absolute atomic E-state index is 12.7. The minimum absolute atomic E-state index is 0.240. The van der Waals surface area contributed by atoms with Gasteiger partial charge < -0.3 is 4.57 Å². The van der Waals surface area contributed by atoms with E-state index in [-0.39, 0.29) is 5.82 Å². The van der Waals surface area contributed by atoms with E-state index in [2.05, 4.69) is 42.6 Å². The molecular weight excluding hydrogens is 227 g/mol. The molecule has 0 amide bonds. The van der Waals surface area contributed by atoms with E-state index in [1.807, 2.05) is 0 Å². The van der Waals surface area contributed by atoms with Crippen LogP contribution in [-0.4, -0.2) is 10.8 Å². The summed E-state index contributed by atoms with van der Waals surface area (Å²) in [6, 6.07) is 8.69. The Morgan fingerprint density at radius 3 is 2.44 bits per heavy atom. The zero-order valence-corrected chi connectivity index (χ0v) is 10.9. The van der Waals surface area contributed by atoms with Crippen molar-refractivity contribution in [2.45, 2.75) is 26.8 Å². The quantitative estimate of drug-likeness (QED) is 0.717. The topological polar surface area (TPSA) is 17.3 Å². The zero-order chi connectivity index (χ0) is 13.1. The SMILES string of the molecule is Cc1cc(C=Nc2ccc(F)cc2)cn1C(C)C. The van der Waals surface area contributed by atoms with E-state index in [0.29, 0.717) is 6.04 Å². The minimum Gasteiger partial charge on any atom is -0.349 e. The Morgan fingerprint density at radius 1 is 1.22 bits per heavy atom. The van der Waals surface area contributed by atoms with E-state index in [0.717, 1.165) is 11.3 Å². The van der Waals surface area contributed by atoms with Crippen LogP contribution >= 0.6 is 0 Å². The van der Waals surface area contributed by atoms with Gasteiger partial charge in [-0.05, 0) is 51.1 Å². The second-order valence-corrected chi connectivity index (χ2v) is 4.65. The van der Waals surface area contributed by atoms with Gasteiger partial charge in [0, 0.05) is 29.7 Å². The lowest BCUT2D eigenvalue weighted by molar-refractivity contribution is 0.589. The number of aromatic nitrogens is 1. The molecule has 0 bridgehead atoms. The van der Waals surface area contributed by atoms with Crippen molar-refractivity contribution in [2.24, 2.45) is 4.99 Å². The Labute approximate surface area is 107 Å². The molecule has 0 saturated carbocycles. The predicted molar refractivity (Wildman–Crippen MR) is 73.2 cm³/mol. The summed E-state index contributed by atoms with van der Waals surface area (Å²) in [7, 11) is 0. The highest BCUT2D eigenvalue weighted by molar-refractivity contribution is 5.82. The lowest BCUT2D eigenvalue weighted by Crippen LogP contribution is -2.00. The van der Waals surface area contributed by atoms with Crippen LogP contribution in [-0.2, 0) is 0 Å². The maximum Gasteiger partial charge on any atom is 0.123 e. The third kappa shape index (κ3) is 2.86. The standard InChI is InChI=1S/C15H17FN2/c1-11(2)18-10-13(8-12(18)3)9-17-15-6-4-14(16)5-7-15/h4-11H,1-3H3. The molecule has 0 spiro atoms. The fraction of sp³-hybridized carbons (Fsp3) is 0.267. The van der Waals surface area contributed by atoms with E-state index in [1.165, 1.54) is 17.8 Å². The number of aryl methyl sites for hydroxylation is 1. The van der Waals surface area contributed by atoms with Gasteiger partial charge in [0.05, 0.1) is 5.69 Å². The Bertz CT molecular complexity index is 550. The molecule has 0 radical (unpaired) electrons. The first kappa shape index (κ1) is 12.6. The lowest BCUT2D eigenvalue weighted by atomic mass is 10.3. The molecule has 2 rings (SSSR count). The molecule has 0 aliphatic rings. The molecule has 2 aromatic rings. The van der Waals surface area contributed by atoms with E-state index >= 15 is 0 Å². The summed E-state index contributed by atoms with van der Waals surface area (Å²) in [6.45, 7) is 6.37. The van der Waals surface area contributed by atoms with Gasteiger partial charge in [-0.15, -0.1) is 0 Å². The van der Waals surface area contributed by atoms with Crippen molar-refractivity contribution in [2.75, 3.05) is 0 Å². The van der Waals surface area contributed by atoms with E-state index < -0.39 is 0 Å². The van der Waals surface area contributed by atoms with Crippen molar-refractivity contribution in [1.82, 2.24) is 4.57 Å². The molecule has 94 valence electrons. The average molecular weight is 244 g/mol. The summed E-state index contributed by atoms with van der Waals surface area (Å²) in [5, 5.41) is 0. The van der Waals surface area contributed by atoms with Gasteiger partial charge >= 0.3 is 0 Å². The molecule has 18 heavy (non-hydrogen) atoms. The van der Waals surface area contributed by atoms with Gasteiger partial charge in [0.1, 0.15) is 5.82 Å². The number of nitrogens with zero attached hydrogens (tertiary/aromatic N) is 2. The van der Waals surface area contributed by atoms with Crippen molar-refractivity contribution >= 4 is 11.9 Å². The number of hydrogen-bond donors (Lipinski definition) is 0. The van der Waals surface area contributed by atoms with Crippen LogP contribution in [0.1, 0.15) is 31.1 Å². The first-order valence-corrected chi connectivity index (χ1v) is 6.04. The van der Waals surface area contributed by atoms with Gasteiger partial charge in [-0.2, -0.15) is 0 Å². The molecule has 1 aromatic carbocycles. The second-order valence-electron chi connectivity index (χ2n) is 4.65. The Hall–Kier alpha value is -1.90. The van der Waals surface area contributed by atoms with Crippen LogP contribution in [0.3, 0.4) is 0 Å². The molecule has 0 unspecified atom stereocenters. The van der Waals surface area contributed by atoms with Crippen LogP contribution in [0.25, 0.3) is 0 Å². The van der Waals surface area contributed by atoms with Crippen molar-refractivity contribution in [3.8, 4) is 0 Å². The summed E-state index contributed by atoms with van der Waals surface area (Å²) in [5.74, 6) is -0.240. The molecule has 2 nitrogen and oxygen atoms in total. The Kier molecular flexibility index (Phi) is 3.60. The largest absolute Gasteiger partial charge is 0.349 e. The fourth-order valence-electron chi connectivity index (χ4n) is 1.92. The van der Waals surface area contributed by atoms with Gasteiger partial charge in [0.15, 0.2) is 0 Å². The van der Waals surface area contributed by atoms with Crippen LogP contribution < -0.4 is 0 Å². The van der Waals surface area contributed by atoms with Crippen molar-refractivity contribution in [3.05, 3.63) is 53.6 Å². The predicted octanol–water partition coefficient (Wildman–Crippen LogP) is 4.27. The molecule has 0 aliphatic heterocycles. The third-order valence-corrected chi connectivity index (χ3v) is 2.82. The normalized spacial score (nSPS) is 11.6. The van der Waals surface area contributed by atoms with Gasteiger partial charge in [-0.25, -0.2) is 4.39 Å². The second kappa shape index (κ2) is 5.17. The highest BCUT2D eigenvalue weighted by atomic mass is 19.1. The van der Waals surface area contributed by atoms with Crippen LogP contribution in [0, 0.1) is 12.7 Å². The summed E-state index contributed by atoms with van der Waals surface area (Å²) in [4.78, 5) is 4.33. The molecule has 0 fully saturated rings. The van der Waals surface area contributed by atoms with Crippen molar-refractivity contribution in [1.29, 1.82) is 0 Å². The van der Waals surface area contributed by atoms with Gasteiger partial charge in [-0.3, -0.25) is 4.99 Å². The van der Waals surface area contributed by atoms with Gasteiger partial charge in [0.2, 0.25) is 0 Å². The number of benzene rings is 1. The van der Waals surface area contributed by atoms with Gasteiger partial charge in [-0.1, -0.05) is 0 Å². The number of rotatable bonds is 3. The van der Waals surface area contributed by atoms with E-state index in [4.69, 9.17) is 0 Å². The highest BCUT2D eigenvalue weighted by Gasteiger charge is 2.03. The summed E-state index contributed by atoms with van der Waals surface area (Å²) < 4.78 is 14.9. The first-order valence-electron chi connectivity index (χ1n) is 6.04. The van der Waals surface area contributed by atoms with Crippen LogP contribution in [0.2, 0.25) is 0 Å². The Morgan fingerprint density at radius 2 is 1.89 bits per heavy atom. The third-order valence-electron chi connectivity index (χ3n) is 2.82. The smallest absolute Gasteiger partial charge is 0.123 e. The molecule has 1 heterocycles. The zero-order valence-electron chi connectivity index (χ0n) is 10.9. The van der Waals surface area contributed by atoms with Crippen molar-refractivity contribution in [3.63, 3.8) is 0 Å². The summed E-state index contributed by atoms with van der Waals surface area (Å²) in [5.41, 5.74) is 3.03. The molecule has 0 N–H and O–H groups in total. The number of hydrogen-bond acceptors (Lipinski definition) is 1. The van der Waals surface area contributed by atoms with Crippen LogP contribution in [0.5, 0.6) is 0 Å². The number of aliphatic imine (C=N–C) groups is 1. The molecule has 0 aliphatic carbocycles. The fourth-order valence-corrected chi connectivity index (χ4v) is 1.92. The summed E-state index contributed by atoms with van der Waals surface area (Å²) >= 11 is 0. The lowest BCUT2D eigenvalue weighted by Gasteiger charge is -2.08. The monoisotopic (exact) mass is 244 g/mol. The van der Waals surface area contributed by atoms with E-state index in [1.54, 1.807) is 18.3 Å². The highest BCUT2D eigenvalue weighted by Crippen LogP contribution is 2.15. The Balaban J connectivity index is 2.18. The molecule has 3 heteroatoms. The average Bonchev–Trinajstić information content (AvgIpc) is 2.70.